The number of nitrogens with one attached hydrogen (secondary N) is 2. The van der Waals surface area contributed by atoms with Gasteiger partial charge in [-0.1, -0.05) is 36.4 Å². The van der Waals surface area contributed by atoms with Crippen molar-refractivity contribution in [3.63, 3.8) is 0 Å². The van der Waals surface area contributed by atoms with Gasteiger partial charge in [-0.3, -0.25) is 4.68 Å². The average Bonchev–Trinajstić information content (AvgIpc) is 2.86. The first-order chi connectivity index (χ1) is 11.0. The molecule has 1 aromatic heterocycles. The smallest absolute Gasteiger partial charge is 0.319 e. The van der Waals surface area contributed by atoms with Gasteiger partial charge in [0.2, 0.25) is 0 Å². The Morgan fingerprint density at radius 1 is 1.17 bits per heavy atom. The van der Waals surface area contributed by atoms with E-state index in [4.69, 9.17) is 0 Å². The highest BCUT2D eigenvalue weighted by atomic mass is 16.2. The lowest BCUT2D eigenvalue weighted by atomic mass is 10.0. The van der Waals surface area contributed by atoms with Crippen LogP contribution in [0.25, 0.3) is 10.8 Å². The Balaban J connectivity index is 1.75. The van der Waals surface area contributed by atoms with Crippen molar-refractivity contribution in [2.45, 2.75) is 20.4 Å². The predicted octanol–water partition coefficient (Wildman–Crippen LogP) is 3.51. The molecule has 0 saturated carbocycles. The van der Waals surface area contributed by atoms with Crippen LogP contribution in [0.5, 0.6) is 0 Å². The summed E-state index contributed by atoms with van der Waals surface area (Å²) in [5.74, 6) is 0. The van der Waals surface area contributed by atoms with Crippen molar-refractivity contribution in [1.82, 2.24) is 15.1 Å². The van der Waals surface area contributed by atoms with E-state index in [0.29, 0.717) is 6.54 Å². The summed E-state index contributed by atoms with van der Waals surface area (Å²) in [5, 5.41) is 12.3. The molecule has 0 aliphatic rings. The van der Waals surface area contributed by atoms with Gasteiger partial charge >= 0.3 is 6.03 Å². The molecule has 0 unspecified atom stereocenters. The zero-order valence-electron chi connectivity index (χ0n) is 13.6. The van der Waals surface area contributed by atoms with Crippen LogP contribution in [0.2, 0.25) is 0 Å². The van der Waals surface area contributed by atoms with E-state index in [1.807, 2.05) is 57.3 Å². The van der Waals surface area contributed by atoms with Crippen LogP contribution in [0.1, 0.15) is 17.0 Å². The zero-order chi connectivity index (χ0) is 16.4. The molecule has 0 spiro atoms. The van der Waals surface area contributed by atoms with E-state index < -0.39 is 0 Å². The van der Waals surface area contributed by atoms with Crippen LogP contribution >= 0.6 is 0 Å². The molecule has 2 amide bonds. The second kappa shape index (κ2) is 6.12. The molecule has 3 aromatic rings. The summed E-state index contributed by atoms with van der Waals surface area (Å²) in [6.45, 7) is 4.36. The monoisotopic (exact) mass is 308 g/mol. The minimum Gasteiger partial charge on any atom is -0.332 e. The summed E-state index contributed by atoms with van der Waals surface area (Å²) in [6, 6.07) is 13.8. The van der Waals surface area contributed by atoms with Crippen LogP contribution in [0.15, 0.2) is 42.5 Å². The van der Waals surface area contributed by atoms with Crippen LogP contribution in [0, 0.1) is 13.8 Å². The van der Waals surface area contributed by atoms with Crippen molar-refractivity contribution in [3.05, 3.63) is 59.4 Å². The number of anilines is 1. The number of amides is 2. The number of benzene rings is 2. The van der Waals surface area contributed by atoms with Crippen molar-refractivity contribution < 1.29 is 4.79 Å². The summed E-state index contributed by atoms with van der Waals surface area (Å²) in [7, 11) is 1.87. The number of carbonyl (C=O) groups is 1. The molecule has 5 heteroatoms. The van der Waals surface area contributed by atoms with Gasteiger partial charge in [0.25, 0.3) is 0 Å². The van der Waals surface area contributed by atoms with E-state index in [1.165, 1.54) is 0 Å². The van der Waals surface area contributed by atoms with Gasteiger partial charge in [-0.2, -0.15) is 5.10 Å². The normalized spacial score (nSPS) is 10.7. The van der Waals surface area contributed by atoms with E-state index in [0.717, 1.165) is 33.4 Å². The number of carbonyl (C=O) groups excluding carboxylic acids is 1. The summed E-state index contributed by atoms with van der Waals surface area (Å²) < 4.78 is 1.78. The van der Waals surface area contributed by atoms with E-state index in [-0.39, 0.29) is 6.03 Å². The van der Waals surface area contributed by atoms with Gasteiger partial charge in [0.15, 0.2) is 0 Å². The number of aryl methyl sites for hydroxylation is 3. The lowest BCUT2D eigenvalue weighted by Gasteiger charge is -2.13. The highest BCUT2D eigenvalue weighted by Gasteiger charge is 2.09. The molecule has 0 atom stereocenters. The molecule has 0 aliphatic heterocycles. The van der Waals surface area contributed by atoms with Gasteiger partial charge in [0, 0.05) is 12.4 Å². The molecule has 0 fully saturated rings. The van der Waals surface area contributed by atoms with Gasteiger partial charge < -0.3 is 10.6 Å². The largest absolute Gasteiger partial charge is 0.332 e. The van der Waals surface area contributed by atoms with E-state index in [9.17, 15) is 4.79 Å². The first-order valence-corrected chi connectivity index (χ1v) is 7.57. The Kier molecular flexibility index (Phi) is 4.02. The molecule has 0 aliphatic carbocycles. The SMILES string of the molecule is Cc1cc(CNC(=O)Nc2c(C)ccc3ccccc23)n(C)n1. The van der Waals surface area contributed by atoms with Crippen LogP contribution < -0.4 is 10.6 Å². The third-order valence-corrected chi connectivity index (χ3v) is 3.90. The number of fused-ring (bicyclic) bond motifs is 1. The molecule has 23 heavy (non-hydrogen) atoms. The Hall–Kier alpha value is -2.82. The first kappa shape index (κ1) is 15.1. The summed E-state index contributed by atoms with van der Waals surface area (Å²) in [5.41, 5.74) is 3.79. The van der Waals surface area contributed by atoms with Crippen LogP contribution in [-0.2, 0) is 13.6 Å². The first-order valence-electron chi connectivity index (χ1n) is 7.57. The van der Waals surface area contributed by atoms with Gasteiger partial charge in [-0.25, -0.2) is 4.79 Å². The minimum atomic E-state index is -0.219. The summed E-state index contributed by atoms with van der Waals surface area (Å²) in [4.78, 5) is 12.2. The predicted molar refractivity (Wildman–Crippen MR) is 92.5 cm³/mol. The molecule has 2 N–H and O–H groups in total. The lowest BCUT2D eigenvalue weighted by Crippen LogP contribution is -2.29. The van der Waals surface area contributed by atoms with E-state index in [2.05, 4.69) is 21.8 Å². The Morgan fingerprint density at radius 3 is 2.70 bits per heavy atom. The maximum Gasteiger partial charge on any atom is 0.319 e. The molecular weight excluding hydrogens is 288 g/mol. The van der Waals surface area contributed by atoms with Gasteiger partial charge in [-0.15, -0.1) is 0 Å². The van der Waals surface area contributed by atoms with Crippen LogP contribution in [0.3, 0.4) is 0 Å². The van der Waals surface area contributed by atoms with E-state index >= 15 is 0 Å². The molecule has 3 rings (SSSR count). The number of rotatable bonds is 3. The van der Waals surface area contributed by atoms with Gasteiger partial charge in [0.05, 0.1) is 23.6 Å². The number of hydrogen-bond donors (Lipinski definition) is 2. The quantitative estimate of drug-likeness (QED) is 0.778. The van der Waals surface area contributed by atoms with Crippen molar-refractivity contribution in [1.29, 1.82) is 0 Å². The Morgan fingerprint density at radius 2 is 1.96 bits per heavy atom. The van der Waals surface area contributed by atoms with Crippen molar-refractivity contribution in [2.24, 2.45) is 7.05 Å². The van der Waals surface area contributed by atoms with Crippen LogP contribution in [0.4, 0.5) is 10.5 Å². The average molecular weight is 308 g/mol. The second-order valence-corrected chi connectivity index (χ2v) is 5.69. The number of urea groups is 1. The molecule has 2 aromatic carbocycles. The van der Waals surface area contributed by atoms with Gasteiger partial charge in [-0.05, 0) is 30.9 Å². The highest BCUT2D eigenvalue weighted by molar-refractivity contribution is 6.02. The summed E-state index contributed by atoms with van der Waals surface area (Å²) >= 11 is 0. The molecular formula is C18H20N4O. The zero-order valence-corrected chi connectivity index (χ0v) is 13.6. The lowest BCUT2D eigenvalue weighted by molar-refractivity contribution is 0.251. The molecule has 5 nitrogen and oxygen atoms in total. The summed E-state index contributed by atoms with van der Waals surface area (Å²) in [6.07, 6.45) is 0. The van der Waals surface area contributed by atoms with E-state index in [1.54, 1.807) is 4.68 Å². The Labute approximate surface area is 135 Å². The third-order valence-electron chi connectivity index (χ3n) is 3.90. The van der Waals surface area contributed by atoms with Crippen molar-refractivity contribution in [2.75, 3.05) is 5.32 Å². The third kappa shape index (κ3) is 3.18. The van der Waals surface area contributed by atoms with Gasteiger partial charge in [0.1, 0.15) is 0 Å². The maximum absolute atomic E-state index is 12.2. The molecule has 0 saturated heterocycles. The second-order valence-electron chi connectivity index (χ2n) is 5.69. The fourth-order valence-electron chi connectivity index (χ4n) is 2.70. The van der Waals surface area contributed by atoms with Crippen LogP contribution in [-0.4, -0.2) is 15.8 Å². The maximum atomic E-state index is 12.2. The fraction of sp³-hybridized carbons (Fsp3) is 0.222. The van der Waals surface area contributed by atoms with Crippen molar-refractivity contribution >= 4 is 22.5 Å². The fourth-order valence-corrected chi connectivity index (χ4v) is 2.70. The standard InChI is InChI=1S/C18H20N4O/c1-12-8-9-14-6-4-5-7-16(14)17(12)20-18(23)19-11-15-10-13(2)21-22(15)3/h4-10H,11H2,1-3H3,(H2,19,20,23). The molecule has 1 heterocycles. The Bertz CT molecular complexity index is 867. The molecule has 0 bridgehead atoms. The minimum absolute atomic E-state index is 0.219. The highest BCUT2D eigenvalue weighted by Crippen LogP contribution is 2.26. The molecule has 118 valence electrons. The number of aromatic nitrogens is 2. The molecule has 0 radical (unpaired) electrons. The number of hydrogen-bond acceptors (Lipinski definition) is 2. The van der Waals surface area contributed by atoms with Crippen molar-refractivity contribution in [3.8, 4) is 0 Å². The number of nitrogens with zero attached hydrogens (tertiary/aromatic N) is 2. The topological polar surface area (TPSA) is 59.0 Å².